The molecule has 1 fully saturated rings. The molecule has 1 amide bonds. The van der Waals surface area contributed by atoms with Crippen LogP contribution in [0.4, 0.5) is 5.82 Å². The zero-order chi connectivity index (χ0) is 17.8. The lowest BCUT2D eigenvalue weighted by Gasteiger charge is -2.35. The van der Waals surface area contributed by atoms with Crippen LogP contribution in [0.15, 0.2) is 30.6 Å². The van der Waals surface area contributed by atoms with Crippen molar-refractivity contribution in [2.45, 2.75) is 6.54 Å². The SMILES string of the molecule is COc1ccc(Cl)cc1CN1CCN(c2cncc(C(N)=O)n2)CC1. The average Bonchev–Trinajstić information content (AvgIpc) is 2.63. The van der Waals surface area contributed by atoms with Crippen LogP contribution in [-0.4, -0.2) is 54.1 Å². The molecular weight excluding hydrogens is 342 g/mol. The third-order valence-electron chi connectivity index (χ3n) is 4.21. The zero-order valence-corrected chi connectivity index (χ0v) is 14.7. The number of nitrogens with two attached hydrogens (primary N) is 1. The monoisotopic (exact) mass is 361 g/mol. The maximum atomic E-state index is 11.2. The highest BCUT2D eigenvalue weighted by atomic mass is 35.5. The number of primary amides is 1. The van der Waals surface area contributed by atoms with E-state index in [0.29, 0.717) is 10.8 Å². The highest BCUT2D eigenvalue weighted by Crippen LogP contribution is 2.24. The van der Waals surface area contributed by atoms with Gasteiger partial charge >= 0.3 is 0 Å². The molecule has 0 radical (unpaired) electrons. The number of rotatable bonds is 5. The molecule has 2 N–H and O–H groups in total. The number of anilines is 1. The van der Waals surface area contributed by atoms with Crippen LogP contribution in [0.5, 0.6) is 5.75 Å². The summed E-state index contributed by atoms with van der Waals surface area (Å²) in [6, 6.07) is 5.65. The van der Waals surface area contributed by atoms with Crippen LogP contribution in [-0.2, 0) is 6.54 Å². The number of hydrogen-bond donors (Lipinski definition) is 1. The Morgan fingerprint density at radius 3 is 2.72 bits per heavy atom. The summed E-state index contributed by atoms with van der Waals surface area (Å²) >= 11 is 6.10. The molecule has 2 aromatic rings. The van der Waals surface area contributed by atoms with Crippen LogP contribution in [0.25, 0.3) is 0 Å². The fraction of sp³-hybridized carbons (Fsp3) is 0.353. The number of hydrogen-bond acceptors (Lipinski definition) is 6. The van der Waals surface area contributed by atoms with Gasteiger partial charge in [0.2, 0.25) is 0 Å². The van der Waals surface area contributed by atoms with Gasteiger partial charge in [-0.2, -0.15) is 0 Å². The summed E-state index contributed by atoms with van der Waals surface area (Å²) in [6.45, 7) is 4.07. The normalized spacial score (nSPS) is 15.2. The van der Waals surface area contributed by atoms with Crippen molar-refractivity contribution in [1.82, 2.24) is 14.9 Å². The number of halogens is 1. The lowest BCUT2D eigenvalue weighted by atomic mass is 10.1. The summed E-state index contributed by atoms with van der Waals surface area (Å²) in [5.41, 5.74) is 6.52. The number of piperazine rings is 1. The van der Waals surface area contributed by atoms with Crippen molar-refractivity contribution < 1.29 is 9.53 Å². The van der Waals surface area contributed by atoms with Gasteiger partial charge in [0.1, 0.15) is 17.3 Å². The minimum atomic E-state index is -0.568. The molecule has 3 rings (SSSR count). The van der Waals surface area contributed by atoms with E-state index in [4.69, 9.17) is 22.1 Å². The third kappa shape index (κ3) is 4.18. The molecule has 0 bridgehead atoms. The van der Waals surface area contributed by atoms with E-state index < -0.39 is 5.91 Å². The summed E-state index contributed by atoms with van der Waals surface area (Å²) in [7, 11) is 1.66. The molecule has 1 aromatic carbocycles. The minimum Gasteiger partial charge on any atom is -0.496 e. The number of methoxy groups -OCH3 is 1. The number of carbonyl (C=O) groups is 1. The molecule has 0 saturated carbocycles. The summed E-state index contributed by atoms with van der Waals surface area (Å²) < 4.78 is 5.41. The van der Waals surface area contributed by atoms with Gasteiger partial charge in [-0.3, -0.25) is 14.7 Å². The fourth-order valence-corrected chi connectivity index (χ4v) is 3.07. The number of aromatic nitrogens is 2. The number of benzene rings is 1. The Balaban J connectivity index is 1.63. The van der Waals surface area contributed by atoms with E-state index in [1.54, 1.807) is 13.3 Å². The lowest BCUT2D eigenvalue weighted by Crippen LogP contribution is -2.46. The Morgan fingerprint density at radius 2 is 2.04 bits per heavy atom. The molecule has 1 aliphatic heterocycles. The van der Waals surface area contributed by atoms with Crippen LogP contribution >= 0.6 is 11.6 Å². The van der Waals surface area contributed by atoms with Gasteiger partial charge in [0.05, 0.1) is 19.5 Å². The molecule has 7 nitrogen and oxygen atoms in total. The van der Waals surface area contributed by atoms with Gasteiger partial charge in [0.15, 0.2) is 0 Å². The number of amides is 1. The zero-order valence-electron chi connectivity index (χ0n) is 14.0. The number of ether oxygens (including phenoxy) is 1. The van der Waals surface area contributed by atoms with Gasteiger partial charge in [-0.15, -0.1) is 0 Å². The van der Waals surface area contributed by atoms with Gasteiger partial charge in [-0.25, -0.2) is 4.98 Å². The van der Waals surface area contributed by atoms with Crippen molar-refractivity contribution in [3.05, 3.63) is 46.9 Å². The number of carbonyl (C=O) groups excluding carboxylic acids is 1. The Hall–Kier alpha value is -2.38. The largest absolute Gasteiger partial charge is 0.496 e. The van der Waals surface area contributed by atoms with E-state index in [0.717, 1.165) is 44.0 Å². The van der Waals surface area contributed by atoms with Crippen molar-refractivity contribution in [1.29, 1.82) is 0 Å². The Morgan fingerprint density at radius 1 is 1.28 bits per heavy atom. The van der Waals surface area contributed by atoms with Crippen molar-refractivity contribution in [2.75, 3.05) is 38.2 Å². The topological polar surface area (TPSA) is 84.6 Å². The van der Waals surface area contributed by atoms with E-state index in [-0.39, 0.29) is 5.69 Å². The first-order valence-corrected chi connectivity index (χ1v) is 8.36. The van der Waals surface area contributed by atoms with Crippen LogP contribution in [0, 0.1) is 0 Å². The van der Waals surface area contributed by atoms with Crippen molar-refractivity contribution >= 4 is 23.3 Å². The lowest BCUT2D eigenvalue weighted by molar-refractivity contribution is 0.0995. The minimum absolute atomic E-state index is 0.184. The van der Waals surface area contributed by atoms with Crippen molar-refractivity contribution in [3.8, 4) is 5.75 Å². The van der Waals surface area contributed by atoms with E-state index in [9.17, 15) is 4.79 Å². The molecule has 1 saturated heterocycles. The van der Waals surface area contributed by atoms with Gasteiger partial charge < -0.3 is 15.4 Å². The van der Waals surface area contributed by atoms with E-state index >= 15 is 0 Å². The second-order valence-electron chi connectivity index (χ2n) is 5.85. The Bertz CT molecular complexity index is 762. The predicted molar refractivity (Wildman–Crippen MR) is 96.0 cm³/mol. The fourth-order valence-electron chi connectivity index (χ4n) is 2.87. The predicted octanol–water partition coefficient (Wildman–Crippen LogP) is 1.56. The second kappa shape index (κ2) is 7.67. The molecule has 132 valence electrons. The highest BCUT2D eigenvalue weighted by Gasteiger charge is 2.20. The van der Waals surface area contributed by atoms with Gasteiger partial charge in [-0.1, -0.05) is 11.6 Å². The van der Waals surface area contributed by atoms with Gasteiger partial charge in [0.25, 0.3) is 5.91 Å². The number of nitrogens with zero attached hydrogens (tertiary/aromatic N) is 4. The van der Waals surface area contributed by atoms with Gasteiger partial charge in [-0.05, 0) is 18.2 Å². The summed E-state index contributed by atoms with van der Waals surface area (Å²) in [4.78, 5) is 24.0. The van der Waals surface area contributed by atoms with Gasteiger partial charge in [0, 0.05) is 43.3 Å². The first-order chi connectivity index (χ1) is 12.1. The molecule has 0 aliphatic carbocycles. The Kier molecular flexibility index (Phi) is 5.35. The first-order valence-electron chi connectivity index (χ1n) is 7.98. The summed E-state index contributed by atoms with van der Waals surface area (Å²) in [5, 5.41) is 0.702. The van der Waals surface area contributed by atoms with Crippen molar-refractivity contribution in [3.63, 3.8) is 0 Å². The van der Waals surface area contributed by atoms with Crippen molar-refractivity contribution in [2.24, 2.45) is 5.73 Å². The van der Waals surface area contributed by atoms with E-state index in [2.05, 4.69) is 19.8 Å². The average molecular weight is 362 g/mol. The molecule has 0 atom stereocenters. The molecule has 8 heteroatoms. The maximum absolute atomic E-state index is 11.2. The Labute approximate surface area is 151 Å². The molecular formula is C17H20ClN5O2. The first kappa shape index (κ1) is 17.4. The molecule has 0 spiro atoms. The van der Waals surface area contributed by atoms with E-state index in [1.807, 2.05) is 18.2 Å². The highest BCUT2D eigenvalue weighted by molar-refractivity contribution is 6.30. The quantitative estimate of drug-likeness (QED) is 0.870. The molecule has 2 heterocycles. The standard InChI is InChI=1S/C17H20ClN5O2/c1-25-15-3-2-13(18)8-12(15)11-22-4-6-23(7-5-22)16-10-20-9-14(21-16)17(19)24/h2-3,8-10H,4-7,11H2,1H3,(H2,19,24). The third-order valence-corrected chi connectivity index (χ3v) is 4.44. The molecule has 0 unspecified atom stereocenters. The molecule has 1 aliphatic rings. The summed E-state index contributed by atoms with van der Waals surface area (Å²) in [6.07, 6.45) is 3.04. The maximum Gasteiger partial charge on any atom is 0.268 e. The van der Waals surface area contributed by atoms with Crippen LogP contribution in [0.2, 0.25) is 5.02 Å². The van der Waals surface area contributed by atoms with Crippen LogP contribution in [0.1, 0.15) is 16.1 Å². The van der Waals surface area contributed by atoms with E-state index in [1.165, 1.54) is 6.20 Å². The van der Waals surface area contributed by atoms with Crippen LogP contribution in [0.3, 0.4) is 0 Å². The summed E-state index contributed by atoms with van der Waals surface area (Å²) in [5.74, 6) is 0.948. The molecule has 1 aromatic heterocycles. The second-order valence-corrected chi connectivity index (χ2v) is 6.28. The van der Waals surface area contributed by atoms with Crippen LogP contribution < -0.4 is 15.4 Å². The smallest absolute Gasteiger partial charge is 0.268 e. The molecule has 25 heavy (non-hydrogen) atoms.